The molecule has 1 aliphatic heterocycles. The number of amides is 1. The van der Waals surface area contributed by atoms with Gasteiger partial charge in [-0.3, -0.25) is 4.79 Å². The third-order valence-corrected chi connectivity index (χ3v) is 4.68. The van der Waals surface area contributed by atoms with Gasteiger partial charge in [-0.1, -0.05) is 17.3 Å². The molecule has 0 spiro atoms. The van der Waals surface area contributed by atoms with Crippen molar-refractivity contribution in [3.05, 3.63) is 48.1 Å². The maximum absolute atomic E-state index is 13.2. The zero-order valence-electron chi connectivity index (χ0n) is 15.3. The maximum atomic E-state index is 13.2. The first-order valence-corrected chi connectivity index (χ1v) is 9.03. The third kappa shape index (κ3) is 3.18. The van der Waals surface area contributed by atoms with Gasteiger partial charge in [-0.2, -0.15) is 4.98 Å². The van der Waals surface area contributed by atoms with Crippen LogP contribution in [-0.2, 0) is 7.05 Å². The zero-order valence-corrected chi connectivity index (χ0v) is 15.3. The Balaban J connectivity index is 1.61. The summed E-state index contributed by atoms with van der Waals surface area (Å²) in [5, 5.41) is 4.05. The molecule has 3 heterocycles. The minimum Gasteiger partial charge on any atom is -0.493 e. The molecule has 1 atom stereocenters. The van der Waals surface area contributed by atoms with Crippen LogP contribution in [0, 0.1) is 0 Å². The number of ether oxygens (including phenoxy) is 1. The minimum atomic E-state index is -0.242. The summed E-state index contributed by atoms with van der Waals surface area (Å²) in [6.45, 7) is 3.05. The summed E-state index contributed by atoms with van der Waals surface area (Å²) < 4.78 is 12.9. The molecule has 1 saturated heterocycles. The zero-order chi connectivity index (χ0) is 18.8. The second-order valence-electron chi connectivity index (χ2n) is 6.40. The predicted octanol–water partition coefficient (Wildman–Crippen LogP) is 2.85. The van der Waals surface area contributed by atoms with E-state index in [0.29, 0.717) is 42.0 Å². The summed E-state index contributed by atoms with van der Waals surface area (Å²) in [4.78, 5) is 23.7. The van der Waals surface area contributed by atoms with Gasteiger partial charge in [0.25, 0.3) is 5.91 Å². The molecule has 0 N–H and O–H groups in total. The van der Waals surface area contributed by atoms with Crippen LogP contribution in [0.15, 0.2) is 41.2 Å². The average molecular weight is 367 g/mol. The van der Waals surface area contributed by atoms with E-state index in [4.69, 9.17) is 9.26 Å². The smallest absolute Gasteiger partial charge is 0.258 e. The van der Waals surface area contributed by atoms with Gasteiger partial charge in [0, 0.05) is 26.0 Å². The van der Waals surface area contributed by atoms with Gasteiger partial charge in [0.05, 0.1) is 12.2 Å². The average Bonchev–Trinajstić information content (AvgIpc) is 3.41. The highest BCUT2D eigenvalue weighted by atomic mass is 16.5. The molecule has 1 aliphatic rings. The number of rotatable bonds is 5. The Morgan fingerprint density at radius 1 is 1.37 bits per heavy atom. The van der Waals surface area contributed by atoms with Gasteiger partial charge in [0.15, 0.2) is 5.82 Å². The summed E-state index contributed by atoms with van der Waals surface area (Å²) in [6.07, 6.45) is 5.17. The Labute approximate surface area is 156 Å². The van der Waals surface area contributed by atoms with E-state index < -0.39 is 0 Å². The van der Waals surface area contributed by atoms with Crippen LogP contribution in [0.4, 0.5) is 0 Å². The monoisotopic (exact) mass is 367 g/mol. The van der Waals surface area contributed by atoms with Crippen molar-refractivity contribution in [3.8, 4) is 17.4 Å². The van der Waals surface area contributed by atoms with Crippen LogP contribution in [0.1, 0.15) is 42.1 Å². The van der Waals surface area contributed by atoms with Gasteiger partial charge in [-0.25, -0.2) is 4.98 Å². The highest BCUT2D eigenvalue weighted by molar-refractivity contribution is 5.97. The van der Waals surface area contributed by atoms with Crippen molar-refractivity contribution in [2.45, 2.75) is 25.8 Å². The molecule has 0 bridgehead atoms. The van der Waals surface area contributed by atoms with E-state index in [1.807, 2.05) is 42.9 Å². The highest BCUT2D eigenvalue weighted by Crippen LogP contribution is 2.34. The molecule has 8 heteroatoms. The van der Waals surface area contributed by atoms with E-state index in [0.717, 1.165) is 12.8 Å². The second kappa shape index (κ2) is 7.22. The number of carbonyl (C=O) groups excluding carboxylic acids is 1. The first kappa shape index (κ1) is 17.3. The summed E-state index contributed by atoms with van der Waals surface area (Å²) in [7, 11) is 1.87. The number of para-hydroxylation sites is 1. The normalized spacial score (nSPS) is 16.7. The van der Waals surface area contributed by atoms with Crippen LogP contribution in [0.25, 0.3) is 11.6 Å². The lowest BCUT2D eigenvalue weighted by molar-refractivity contribution is 0.0706. The fourth-order valence-corrected chi connectivity index (χ4v) is 3.39. The standard InChI is InChI=1S/C19H21N5O3/c1-3-26-15-9-5-4-7-13(15)19(25)24-11-6-8-14(24)18-21-16(22-27-18)17-20-10-12-23(17)2/h4-5,7,9-10,12,14H,3,6,8,11H2,1-2H3. The van der Waals surface area contributed by atoms with Crippen molar-refractivity contribution in [2.75, 3.05) is 13.2 Å². The molecular weight excluding hydrogens is 346 g/mol. The van der Waals surface area contributed by atoms with Crippen molar-refractivity contribution in [2.24, 2.45) is 7.05 Å². The second-order valence-corrected chi connectivity index (χ2v) is 6.40. The topological polar surface area (TPSA) is 86.3 Å². The van der Waals surface area contributed by atoms with Crippen molar-refractivity contribution < 1.29 is 14.1 Å². The molecule has 140 valence electrons. The minimum absolute atomic E-state index is 0.0849. The van der Waals surface area contributed by atoms with Gasteiger partial charge in [0.2, 0.25) is 11.7 Å². The van der Waals surface area contributed by atoms with E-state index in [9.17, 15) is 4.79 Å². The molecule has 8 nitrogen and oxygen atoms in total. The van der Waals surface area contributed by atoms with E-state index in [-0.39, 0.29) is 11.9 Å². The van der Waals surface area contributed by atoms with Gasteiger partial charge < -0.3 is 18.7 Å². The third-order valence-electron chi connectivity index (χ3n) is 4.68. The largest absolute Gasteiger partial charge is 0.493 e. The number of hydrogen-bond acceptors (Lipinski definition) is 6. The van der Waals surface area contributed by atoms with Crippen LogP contribution in [0.5, 0.6) is 5.75 Å². The van der Waals surface area contributed by atoms with Crippen LogP contribution >= 0.6 is 0 Å². The summed E-state index contributed by atoms with van der Waals surface area (Å²) in [5.41, 5.74) is 0.551. The molecule has 0 saturated carbocycles. The maximum Gasteiger partial charge on any atom is 0.258 e. The Morgan fingerprint density at radius 2 is 2.22 bits per heavy atom. The van der Waals surface area contributed by atoms with Crippen LogP contribution in [-0.4, -0.2) is 43.7 Å². The number of aromatic nitrogens is 4. The first-order chi connectivity index (χ1) is 13.2. The highest BCUT2D eigenvalue weighted by Gasteiger charge is 2.35. The summed E-state index contributed by atoms with van der Waals surface area (Å²) in [6, 6.07) is 7.06. The van der Waals surface area contributed by atoms with Crippen LogP contribution in [0.3, 0.4) is 0 Å². The van der Waals surface area contributed by atoms with E-state index in [1.54, 1.807) is 17.2 Å². The molecule has 1 amide bonds. The molecule has 4 rings (SSSR count). The van der Waals surface area contributed by atoms with E-state index in [1.165, 1.54) is 0 Å². The first-order valence-electron chi connectivity index (χ1n) is 9.03. The molecule has 1 unspecified atom stereocenters. The van der Waals surface area contributed by atoms with Gasteiger partial charge in [-0.05, 0) is 31.9 Å². The Bertz CT molecular complexity index is 948. The van der Waals surface area contributed by atoms with Gasteiger partial charge in [-0.15, -0.1) is 0 Å². The quantitative estimate of drug-likeness (QED) is 0.689. The molecule has 2 aromatic heterocycles. The van der Waals surface area contributed by atoms with Gasteiger partial charge >= 0.3 is 0 Å². The lowest BCUT2D eigenvalue weighted by atomic mass is 10.1. The lowest BCUT2D eigenvalue weighted by Gasteiger charge is -2.23. The Hall–Kier alpha value is -3.16. The number of hydrogen-bond donors (Lipinski definition) is 0. The predicted molar refractivity (Wildman–Crippen MR) is 97.1 cm³/mol. The summed E-state index contributed by atoms with van der Waals surface area (Å²) in [5.74, 6) is 2.00. The number of benzene rings is 1. The van der Waals surface area contributed by atoms with Crippen molar-refractivity contribution in [1.82, 2.24) is 24.6 Å². The molecule has 0 aliphatic carbocycles. The molecule has 0 radical (unpaired) electrons. The number of carbonyl (C=O) groups is 1. The van der Waals surface area contributed by atoms with Crippen molar-refractivity contribution in [3.63, 3.8) is 0 Å². The SMILES string of the molecule is CCOc1ccccc1C(=O)N1CCCC1c1nc(-c2nccn2C)no1. The molecular formula is C19H21N5O3. The number of imidazole rings is 1. The van der Waals surface area contributed by atoms with Gasteiger partial charge in [0.1, 0.15) is 11.8 Å². The van der Waals surface area contributed by atoms with E-state index >= 15 is 0 Å². The Morgan fingerprint density at radius 3 is 3.00 bits per heavy atom. The van der Waals surface area contributed by atoms with Crippen molar-refractivity contribution >= 4 is 5.91 Å². The molecule has 1 fully saturated rings. The fraction of sp³-hybridized carbons (Fsp3) is 0.368. The van der Waals surface area contributed by atoms with Crippen LogP contribution < -0.4 is 4.74 Å². The molecule has 3 aromatic rings. The lowest BCUT2D eigenvalue weighted by Crippen LogP contribution is -2.31. The van der Waals surface area contributed by atoms with Crippen molar-refractivity contribution in [1.29, 1.82) is 0 Å². The number of aryl methyl sites for hydroxylation is 1. The fourth-order valence-electron chi connectivity index (χ4n) is 3.39. The molecule has 27 heavy (non-hydrogen) atoms. The number of likely N-dealkylation sites (tertiary alicyclic amines) is 1. The summed E-state index contributed by atoms with van der Waals surface area (Å²) >= 11 is 0. The Kier molecular flexibility index (Phi) is 4.62. The van der Waals surface area contributed by atoms with Crippen LogP contribution in [0.2, 0.25) is 0 Å². The van der Waals surface area contributed by atoms with E-state index in [2.05, 4.69) is 15.1 Å². The molecule has 1 aromatic carbocycles. The number of nitrogens with zero attached hydrogens (tertiary/aromatic N) is 5.